The van der Waals surface area contributed by atoms with Crippen LogP contribution in [0.5, 0.6) is 0 Å². The number of nitrogens with one attached hydrogen (secondary N) is 1. The van der Waals surface area contributed by atoms with Crippen LogP contribution in [-0.4, -0.2) is 17.1 Å². The number of carbonyl (C=O) groups excluding carboxylic acids is 1. The van der Waals surface area contributed by atoms with E-state index in [0.29, 0.717) is 6.42 Å². The minimum Gasteiger partial charge on any atom is -0.335 e. The van der Waals surface area contributed by atoms with Crippen molar-refractivity contribution >= 4 is 5.91 Å². The minimum absolute atomic E-state index is 0.450. The van der Waals surface area contributed by atoms with Gasteiger partial charge < -0.3 is 5.32 Å². The zero-order chi connectivity index (χ0) is 10.7. The largest absolute Gasteiger partial charge is 0.335 e. The molecule has 0 radical (unpaired) electrons. The van der Waals surface area contributed by atoms with Crippen LogP contribution in [0, 0.1) is 11.3 Å². The van der Waals surface area contributed by atoms with Gasteiger partial charge in [0.25, 0.3) is 5.91 Å². The number of nitriles is 1. The summed E-state index contributed by atoms with van der Waals surface area (Å²) in [5.41, 5.74) is -2.91. The molecule has 1 unspecified atom stereocenters. The number of amides is 1. The SMILES string of the molecule is CCC(C)(C#N)NC(=O)C(C)(C)F. The van der Waals surface area contributed by atoms with Crippen LogP contribution in [-0.2, 0) is 4.79 Å². The van der Waals surface area contributed by atoms with Gasteiger partial charge in [-0.25, -0.2) is 4.39 Å². The van der Waals surface area contributed by atoms with E-state index in [1.165, 1.54) is 0 Å². The highest BCUT2D eigenvalue weighted by atomic mass is 19.1. The highest BCUT2D eigenvalue weighted by molar-refractivity contribution is 5.85. The van der Waals surface area contributed by atoms with Crippen molar-refractivity contribution in [3.63, 3.8) is 0 Å². The monoisotopic (exact) mass is 186 g/mol. The third kappa shape index (κ3) is 3.41. The van der Waals surface area contributed by atoms with Crippen LogP contribution >= 0.6 is 0 Å². The van der Waals surface area contributed by atoms with Crippen molar-refractivity contribution in [3.8, 4) is 6.07 Å². The van der Waals surface area contributed by atoms with Crippen LogP contribution in [0.25, 0.3) is 0 Å². The molecule has 0 fully saturated rings. The number of hydrogen-bond donors (Lipinski definition) is 1. The van der Waals surface area contributed by atoms with E-state index in [0.717, 1.165) is 13.8 Å². The first-order valence-corrected chi connectivity index (χ1v) is 4.18. The third-order valence-electron chi connectivity index (χ3n) is 1.88. The van der Waals surface area contributed by atoms with E-state index in [1.54, 1.807) is 13.8 Å². The van der Waals surface area contributed by atoms with Gasteiger partial charge in [0, 0.05) is 0 Å². The predicted molar refractivity (Wildman–Crippen MR) is 47.6 cm³/mol. The zero-order valence-electron chi connectivity index (χ0n) is 8.44. The summed E-state index contributed by atoms with van der Waals surface area (Å²) in [5.74, 6) is -0.751. The van der Waals surface area contributed by atoms with E-state index in [1.807, 2.05) is 6.07 Å². The second-order valence-electron chi connectivity index (χ2n) is 3.72. The highest BCUT2D eigenvalue weighted by Crippen LogP contribution is 2.13. The lowest BCUT2D eigenvalue weighted by Crippen LogP contribution is -2.50. The number of nitrogens with zero attached hydrogens (tertiary/aromatic N) is 1. The van der Waals surface area contributed by atoms with Crippen molar-refractivity contribution < 1.29 is 9.18 Å². The third-order valence-corrected chi connectivity index (χ3v) is 1.88. The summed E-state index contributed by atoms with van der Waals surface area (Å²) in [7, 11) is 0. The molecule has 0 rings (SSSR count). The molecule has 0 saturated carbocycles. The fourth-order valence-corrected chi connectivity index (χ4v) is 0.595. The molecule has 74 valence electrons. The van der Waals surface area contributed by atoms with Gasteiger partial charge in [-0.3, -0.25) is 4.79 Å². The van der Waals surface area contributed by atoms with Crippen molar-refractivity contribution in [1.29, 1.82) is 5.26 Å². The predicted octanol–water partition coefficient (Wildman–Crippen LogP) is 1.54. The maximum Gasteiger partial charge on any atom is 0.258 e. The first-order chi connectivity index (χ1) is 5.75. The van der Waals surface area contributed by atoms with Gasteiger partial charge in [0.05, 0.1) is 6.07 Å². The molecule has 0 heterocycles. The lowest BCUT2D eigenvalue weighted by molar-refractivity contribution is -0.132. The second-order valence-corrected chi connectivity index (χ2v) is 3.72. The fraction of sp³-hybridized carbons (Fsp3) is 0.778. The van der Waals surface area contributed by atoms with Gasteiger partial charge in [-0.05, 0) is 27.2 Å². The Morgan fingerprint density at radius 1 is 1.54 bits per heavy atom. The van der Waals surface area contributed by atoms with Crippen LogP contribution in [0.15, 0.2) is 0 Å². The lowest BCUT2D eigenvalue weighted by atomic mass is 9.99. The molecular weight excluding hydrogens is 171 g/mol. The number of carbonyl (C=O) groups is 1. The summed E-state index contributed by atoms with van der Waals surface area (Å²) in [6, 6.07) is 1.93. The summed E-state index contributed by atoms with van der Waals surface area (Å²) in [5, 5.41) is 11.1. The topological polar surface area (TPSA) is 52.9 Å². The fourth-order valence-electron chi connectivity index (χ4n) is 0.595. The van der Waals surface area contributed by atoms with Crippen molar-refractivity contribution in [1.82, 2.24) is 5.32 Å². The Bertz CT molecular complexity index is 239. The van der Waals surface area contributed by atoms with Gasteiger partial charge in [-0.2, -0.15) is 5.26 Å². The van der Waals surface area contributed by atoms with Crippen molar-refractivity contribution in [3.05, 3.63) is 0 Å². The van der Waals surface area contributed by atoms with E-state index in [9.17, 15) is 9.18 Å². The molecule has 1 atom stereocenters. The Morgan fingerprint density at radius 3 is 2.23 bits per heavy atom. The van der Waals surface area contributed by atoms with Crippen LogP contribution < -0.4 is 5.32 Å². The van der Waals surface area contributed by atoms with Gasteiger partial charge >= 0.3 is 0 Å². The number of hydrogen-bond acceptors (Lipinski definition) is 2. The Morgan fingerprint density at radius 2 is 2.00 bits per heavy atom. The number of alkyl halides is 1. The molecule has 0 bridgehead atoms. The Kier molecular flexibility index (Phi) is 3.42. The molecule has 1 N–H and O–H groups in total. The molecule has 0 aromatic rings. The standard InChI is InChI=1S/C9H15FN2O/c1-5-9(4,6-11)12-7(13)8(2,3)10/h5H2,1-4H3,(H,12,13). The number of halogens is 1. The number of rotatable bonds is 3. The Labute approximate surface area is 77.9 Å². The Hall–Kier alpha value is -1.11. The summed E-state index contributed by atoms with van der Waals surface area (Å²) in [4.78, 5) is 11.2. The molecule has 0 aliphatic heterocycles. The molecule has 0 aliphatic rings. The van der Waals surface area contributed by atoms with Gasteiger partial charge in [-0.15, -0.1) is 0 Å². The minimum atomic E-state index is -1.94. The van der Waals surface area contributed by atoms with Crippen LogP contribution in [0.1, 0.15) is 34.1 Å². The zero-order valence-corrected chi connectivity index (χ0v) is 8.44. The maximum absolute atomic E-state index is 13.1. The van der Waals surface area contributed by atoms with E-state index >= 15 is 0 Å². The van der Waals surface area contributed by atoms with E-state index in [2.05, 4.69) is 5.32 Å². The summed E-state index contributed by atoms with van der Waals surface area (Å²) in [6.07, 6.45) is 0.450. The average molecular weight is 186 g/mol. The molecule has 0 aromatic heterocycles. The molecule has 0 aliphatic carbocycles. The van der Waals surface area contributed by atoms with Crippen molar-refractivity contribution in [2.24, 2.45) is 0 Å². The van der Waals surface area contributed by atoms with E-state index in [-0.39, 0.29) is 0 Å². The van der Waals surface area contributed by atoms with Crippen LogP contribution in [0.2, 0.25) is 0 Å². The molecule has 0 aromatic carbocycles. The maximum atomic E-state index is 13.1. The van der Waals surface area contributed by atoms with Crippen molar-refractivity contribution in [2.45, 2.75) is 45.3 Å². The first kappa shape index (κ1) is 11.9. The first-order valence-electron chi connectivity index (χ1n) is 4.18. The normalized spacial score (nSPS) is 15.7. The average Bonchev–Trinajstić information content (AvgIpc) is 2.02. The Balaban J connectivity index is 4.47. The highest BCUT2D eigenvalue weighted by Gasteiger charge is 2.32. The lowest BCUT2D eigenvalue weighted by Gasteiger charge is -2.24. The molecular formula is C9H15FN2O. The van der Waals surface area contributed by atoms with Crippen LogP contribution in [0.3, 0.4) is 0 Å². The van der Waals surface area contributed by atoms with Crippen LogP contribution in [0.4, 0.5) is 4.39 Å². The van der Waals surface area contributed by atoms with E-state index in [4.69, 9.17) is 5.26 Å². The summed E-state index contributed by atoms with van der Waals surface area (Å²) in [6.45, 7) is 5.65. The van der Waals surface area contributed by atoms with Gasteiger partial charge in [0.15, 0.2) is 5.67 Å². The molecule has 13 heavy (non-hydrogen) atoms. The smallest absolute Gasteiger partial charge is 0.258 e. The molecule has 4 heteroatoms. The van der Waals surface area contributed by atoms with Gasteiger partial charge in [-0.1, -0.05) is 6.92 Å². The van der Waals surface area contributed by atoms with Gasteiger partial charge in [0.1, 0.15) is 5.54 Å². The molecule has 3 nitrogen and oxygen atoms in total. The quantitative estimate of drug-likeness (QED) is 0.726. The summed E-state index contributed by atoms with van der Waals surface area (Å²) >= 11 is 0. The van der Waals surface area contributed by atoms with Gasteiger partial charge in [0.2, 0.25) is 0 Å². The molecule has 0 saturated heterocycles. The van der Waals surface area contributed by atoms with E-state index < -0.39 is 17.1 Å². The van der Waals surface area contributed by atoms with Crippen molar-refractivity contribution in [2.75, 3.05) is 0 Å². The summed E-state index contributed by atoms with van der Waals surface area (Å²) < 4.78 is 13.1. The second kappa shape index (κ2) is 3.73. The molecule has 1 amide bonds. The molecule has 0 spiro atoms.